The van der Waals surface area contributed by atoms with Crippen molar-refractivity contribution in [2.75, 3.05) is 22.4 Å². The first kappa shape index (κ1) is 19.8. The van der Waals surface area contributed by atoms with Gasteiger partial charge in [0.15, 0.2) is 11.6 Å². The number of carbonyl (C=O) groups excluding carboxylic acids is 1. The highest BCUT2D eigenvalue weighted by atomic mass is 32.2. The van der Waals surface area contributed by atoms with Gasteiger partial charge < -0.3 is 5.32 Å². The fraction of sp³-hybridized carbons (Fsp3) is 0.278. The van der Waals surface area contributed by atoms with Gasteiger partial charge in [-0.2, -0.15) is 0 Å². The number of anilines is 2. The molecule has 0 aromatic heterocycles. The smallest absolute Gasteiger partial charge is 0.245 e. The van der Waals surface area contributed by atoms with Gasteiger partial charge in [0.25, 0.3) is 0 Å². The highest BCUT2D eigenvalue weighted by Crippen LogP contribution is 2.26. The molecule has 0 fully saturated rings. The van der Waals surface area contributed by atoms with Crippen LogP contribution in [0.4, 0.5) is 20.2 Å². The first-order valence-corrected chi connectivity index (χ1v) is 9.76. The van der Waals surface area contributed by atoms with E-state index in [4.69, 9.17) is 0 Å². The molecule has 0 spiro atoms. The van der Waals surface area contributed by atoms with Gasteiger partial charge in [-0.15, -0.1) is 0 Å². The van der Waals surface area contributed by atoms with Gasteiger partial charge >= 0.3 is 0 Å². The third-order valence-corrected chi connectivity index (χ3v) is 4.84. The van der Waals surface area contributed by atoms with Gasteiger partial charge in [-0.05, 0) is 29.7 Å². The summed E-state index contributed by atoms with van der Waals surface area (Å²) >= 11 is 0. The number of nitrogens with one attached hydrogen (secondary N) is 1. The van der Waals surface area contributed by atoms with Crippen molar-refractivity contribution in [1.82, 2.24) is 0 Å². The molecule has 140 valence electrons. The monoisotopic (exact) mass is 382 g/mol. The molecule has 0 heterocycles. The minimum atomic E-state index is -4.08. The van der Waals surface area contributed by atoms with Gasteiger partial charge in [0.05, 0.1) is 6.26 Å². The lowest BCUT2D eigenvalue weighted by Crippen LogP contribution is -2.38. The molecule has 2 aromatic carbocycles. The zero-order valence-corrected chi connectivity index (χ0v) is 15.5. The summed E-state index contributed by atoms with van der Waals surface area (Å²) < 4.78 is 52.4. The number of hydrogen-bond donors (Lipinski definition) is 1. The summed E-state index contributed by atoms with van der Waals surface area (Å²) in [4.78, 5) is 12.4. The lowest BCUT2D eigenvalue weighted by Gasteiger charge is -2.23. The van der Waals surface area contributed by atoms with Crippen molar-refractivity contribution < 1.29 is 22.0 Å². The molecule has 0 unspecified atom stereocenters. The standard InChI is InChI=1S/C18H20F2N2O3S/c1-12(2)13-7-4-5-10-16(13)21-17(23)11-22(26(3,24)25)18-14(19)8-6-9-15(18)20/h4-10,12H,11H2,1-3H3,(H,21,23). The zero-order chi connectivity index (χ0) is 19.5. The number of amides is 1. The van der Waals surface area contributed by atoms with E-state index < -0.39 is 39.8 Å². The molecule has 0 radical (unpaired) electrons. The molecule has 26 heavy (non-hydrogen) atoms. The Hall–Kier alpha value is -2.48. The molecule has 0 aliphatic rings. The Morgan fingerprint density at radius 3 is 2.19 bits per heavy atom. The predicted octanol–water partition coefficient (Wildman–Crippen LogP) is 3.49. The third-order valence-electron chi connectivity index (χ3n) is 3.73. The number of sulfonamides is 1. The van der Waals surface area contributed by atoms with Gasteiger partial charge in [-0.3, -0.25) is 9.10 Å². The highest BCUT2D eigenvalue weighted by molar-refractivity contribution is 7.92. The maximum absolute atomic E-state index is 14.0. The average Bonchev–Trinajstić information content (AvgIpc) is 2.53. The number of rotatable bonds is 6. The van der Waals surface area contributed by atoms with Gasteiger partial charge in [-0.1, -0.05) is 38.1 Å². The van der Waals surface area contributed by atoms with Crippen LogP contribution in [0.2, 0.25) is 0 Å². The Labute approximate surface area is 151 Å². The molecule has 2 aromatic rings. The summed E-state index contributed by atoms with van der Waals surface area (Å²) in [7, 11) is -4.08. The topological polar surface area (TPSA) is 66.5 Å². The van der Waals surface area contributed by atoms with Crippen LogP contribution in [-0.4, -0.2) is 27.1 Å². The molecule has 0 aliphatic heterocycles. The molecule has 1 N–H and O–H groups in total. The third kappa shape index (κ3) is 4.57. The number of carbonyl (C=O) groups is 1. The quantitative estimate of drug-likeness (QED) is 0.832. The normalized spacial score (nSPS) is 11.5. The van der Waals surface area contributed by atoms with E-state index in [1.165, 1.54) is 0 Å². The second-order valence-electron chi connectivity index (χ2n) is 6.13. The van der Waals surface area contributed by atoms with Crippen molar-refractivity contribution in [2.45, 2.75) is 19.8 Å². The minimum Gasteiger partial charge on any atom is -0.324 e. The van der Waals surface area contributed by atoms with Crippen molar-refractivity contribution >= 4 is 27.3 Å². The fourth-order valence-electron chi connectivity index (χ4n) is 2.52. The molecular weight excluding hydrogens is 362 g/mol. The maximum atomic E-state index is 14.0. The molecule has 0 saturated carbocycles. The number of benzene rings is 2. The van der Waals surface area contributed by atoms with Crippen LogP contribution in [0.3, 0.4) is 0 Å². The van der Waals surface area contributed by atoms with E-state index in [1.54, 1.807) is 12.1 Å². The van der Waals surface area contributed by atoms with Crippen molar-refractivity contribution in [2.24, 2.45) is 0 Å². The van der Waals surface area contributed by atoms with Gasteiger partial charge in [0.2, 0.25) is 15.9 Å². The molecule has 0 bridgehead atoms. The highest BCUT2D eigenvalue weighted by Gasteiger charge is 2.27. The van der Waals surface area contributed by atoms with Crippen molar-refractivity contribution in [3.8, 4) is 0 Å². The van der Waals surface area contributed by atoms with Crippen LogP contribution in [-0.2, 0) is 14.8 Å². The summed E-state index contributed by atoms with van der Waals surface area (Å²) in [5, 5.41) is 2.61. The molecular formula is C18H20F2N2O3S. The SMILES string of the molecule is CC(C)c1ccccc1NC(=O)CN(c1c(F)cccc1F)S(C)(=O)=O. The van der Waals surface area contributed by atoms with E-state index in [2.05, 4.69) is 5.32 Å². The Bertz CT molecular complexity index is 894. The van der Waals surface area contributed by atoms with E-state index in [9.17, 15) is 22.0 Å². The van der Waals surface area contributed by atoms with E-state index in [-0.39, 0.29) is 5.92 Å². The Balaban J connectivity index is 2.32. The summed E-state index contributed by atoms with van der Waals surface area (Å²) in [5.74, 6) is -2.70. The lowest BCUT2D eigenvalue weighted by molar-refractivity contribution is -0.114. The summed E-state index contributed by atoms with van der Waals surface area (Å²) in [5.41, 5.74) is 0.612. The second-order valence-corrected chi connectivity index (χ2v) is 8.04. The van der Waals surface area contributed by atoms with E-state index >= 15 is 0 Å². The first-order chi connectivity index (χ1) is 12.1. The Morgan fingerprint density at radius 1 is 1.08 bits per heavy atom. The Morgan fingerprint density at radius 2 is 1.65 bits per heavy atom. The number of hydrogen-bond acceptors (Lipinski definition) is 3. The van der Waals surface area contributed by atoms with E-state index in [0.29, 0.717) is 9.99 Å². The number of para-hydroxylation sites is 2. The van der Waals surface area contributed by atoms with Crippen LogP contribution in [0.5, 0.6) is 0 Å². The van der Waals surface area contributed by atoms with Gasteiger partial charge in [-0.25, -0.2) is 17.2 Å². The zero-order valence-electron chi connectivity index (χ0n) is 14.7. The van der Waals surface area contributed by atoms with Crippen LogP contribution < -0.4 is 9.62 Å². The molecule has 5 nitrogen and oxygen atoms in total. The lowest BCUT2D eigenvalue weighted by atomic mass is 10.0. The molecule has 2 rings (SSSR count). The van der Waals surface area contributed by atoms with E-state index in [0.717, 1.165) is 30.0 Å². The number of halogens is 2. The van der Waals surface area contributed by atoms with Gasteiger partial charge in [0.1, 0.15) is 12.2 Å². The second kappa shape index (κ2) is 7.82. The Kier molecular flexibility index (Phi) is 5.97. The largest absolute Gasteiger partial charge is 0.324 e. The van der Waals surface area contributed by atoms with Crippen LogP contribution in [0, 0.1) is 11.6 Å². The van der Waals surface area contributed by atoms with E-state index in [1.807, 2.05) is 26.0 Å². The summed E-state index contributed by atoms with van der Waals surface area (Å²) in [6.07, 6.45) is 0.786. The van der Waals surface area contributed by atoms with Crippen LogP contribution in [0.25, 0.3) is 0 Å². The molecule has 0 saturated heterocycles. The van der Waals surface area contributed by atoms with Crippen molar-refractivity contribution in [3.63, 3.8) is 0 Å². The maximum Gasteiger partial charge on any atom is 0.245 e. The number of nitrogens with zero attached hydrogens (tertiary/aromatic N) is 1. The van der Waals surface area contributed by atoms with Crippen LogP contribution in [0.15, 0.2) is 42.5 Å². The van der Waals surface area contributed by atoms with Crippen molar-refractivity contribution in [3.05, 3.63) is 59.7 Å². The molecule has 0 aliphatic carbocycles. The average molecular weight is 382 g/mol. The molecule has 0 atom stereocenters. The molecule has 8 heteroatoms. The summed E-state index contributed by atoms with van der Waals surface area (Å²) in [6.45, 7) is 3.15. The van der Waals surface area contributed by atoms with Crippen LogP contribution in [0.1, 0.15) is 25.3 Å². The van der Waals surface area contributed by atoms with Crippen LogP contribution >= 0.6 is 0 Å². The van der Waals surface area contributed by atoms with Crippen molar-refractivity contribution in [1.29, 1.82) is 0 Å². The first-order valence-electron chi connectivity index (χ1n) is 7.91. The minimum absolute atomic E-state index is 0.126. The molecule has 1 amide bonds. The summed E-state index contributed by atoms with van der Waals surface area (Å²) in [6, 6.07) is 10.1. The van der Waals surface area contributed by atoms with Gasteiger partial charge in [0, 0.05) is 5.69 Å². The predicted molar refractivity (Wildman–Crippen MR) is 97.7 cm³/mol. The fourth-order valence-corrected chi connectivity index (χ4v) is 3.38.